The third-order valence-electron chi connectivity index (χ3n) is 13.5. The van der Waals surface area contributed by atoms with Crippen molar-refractivity contribution >= 4 is 104 Å². The molecule has 64 heavy (non-hydrogen) atoms. The van der Waals surface area contributed by atoms with Gasteiger partial charge in [0.2, 0.25) is 0 Å². The highest BCUT2D eigenvalue weighted by Crippen LogP contribution is 2.44. The van der Waals surface area contributed by atoms with Gasteiger partial charge in [0.15, 0.2) is 8.07 Å². The van der Waals surface area contributed by atoms with Crippen molar-refractivity contribution in [1.82, 2.24) is 9.13 Å². The van der Waals surface area contributed by atoms with Gasteiger partial charge < -0.3 is 9.13 Å². The third-order valence-corrected chi connectivity index (χ3v) is 19.4. The fourth-order valence-corrected chi connectivity index (χ4v) is 16.7. The maximum Gasteiger partial charge on any atom is 0.179 e. The smallest absolute Gasteiger partial charge is 0.179 e. The van der Waals surface area contributed by atoms with Crippen molar-refractivity contribution in [3.05, 3.63) is 243 Å². The van der Waals surface area contributed by atoms with Gasteiger partial charge in [0.25, 0.3) is 0 Å². The zero-order valence-corrected chi connectivity index (χ0v) is 36.7. The number of thiophene rings is 1. The minimum absolute atomic E-state index is 1.17. The maximum absolute atomic E-state index is 2.79. The molecule has 0 radical (unpaired) electrons. The quantitative estimate of drug-likeness (QED) is 0.112. The van der Waals surface area contributed by atoms with Crippen LogP contribution in [0.3, 0.4) is 0 Å². The first-order valence-corrected chi connectivity index (χ1v) is 24.8. The monoisotopic (exact) mass is 848 g/mol. The Bertz CT molecular complexity index is 3790. The van der Waals surface area contributed by atoms with E-state index in [4.69, 9.17) is 0 Å². The number of nitrogens with zero attached hydrogens (tertiary/aromatic N) is 2. The van der Waals surface area contributed by atoms with Gasteiger partial charge in [-0.1, -0.05) is 182 Å². The molecular weight excluding hydrogens is 809 g/mol. The fraction of sp³-hybridized carbons (Fsp3) is 0. The maximum atomic E-state index is 2.56. The molecule has 13 rings (SSSR count). The highest BCUT2D eigenvalue weighted by Gasteiger charge is 2.41. The summed E-state index contributed by atoms with van der Waals surface area (Å²) in [5.41, 5.74) is 9.65. The Balaban J connectivity index is 1.07. The van der Waals surface area contributed by atoms with E-state index in [1.54, 1.807) is 0 Å². The molecule has 0 unspecified atom stereocenters. The Labute approximate surface area is 376 Å². The molecule has 3 heterocycles. The van der Waals surface area contributed by atoms with Gasteiger partial charge in [0, 0.05) is 48.4 Å². The van der Waals surface area contributed by atoms with Gasteiger partial charge in [-0.2, -0.15) is 0 Å². The van der Waals surface area contributed by atoms with Crippen molar-refractivity contribution in [2.75, 3.05) is 0 Å². The number of fused-ring (bicyclic) bond motifs is 10. The summed E-state index contributed by atoms with van der Waals surface area (Å²) in [6.45, 7) is 0. The van der Waals surface area contributed by atoms with Gasteiger partial charge in [-0.15, -0.1) is 11.3 Å². The molecule has 0 aliphatic carbocycles. The number of hydrogen-bond donors (Lipinski definition) is 0. The molecule has 0 N–H and O–H groups in total. The van der Waals surface area contributed by atoms with Crippen molar-refractivity contribution in [2.45, 2.75) is 0 Å². The Hall–Kier alpha value is -7.76. The normalized spacial score (nSPS) is 12.1. The molecule has 0 aliphatic rings. The van der Waals surface area contributed by atoms with Crippen molar-refractivity contribution in [3.63, 3.8) is 0 Å². The fourth-order valence-electron chi connectivity index (χ4n) is 10.7. The summed E-state index contributed by atoms with van der Waals surface area (Å²) in [5.74, 6) is 0. The largest absolute Gasteiger partial charge is 0.309 e. The Morgan fingerprint density at radius 2 is 0.781 bits per heavy atom. The Morgan fingerprint density at radius 3 is 1.44 bits per heavy atom. The van der Waals surface area contributed by atoms with Crippen LogP contribution in [0, 0.1) is 0 Å². The molecule has 13 aromatic rings. The molecule has 0 saturated carbocycles. The van der Waals surface area contributed by atoms with Gasteiger partial charge in [-0.05, 0) is 92.5 Å². The number of hydrogen-bond acceptors (Lipinski definition) is 1. The molecule has 0 saturated heterocycles. The first-order valence-electron chi connectivity index (χ1n) is 22.0. The molecule has 300 valence electrons. The van der Waals surface area contributed by atoms with Crippen molar-refractivity contribution < 1.29 is 0 Å². The van der Waals surface area contributed by atoms with Crippen LogP contribution in [0.15, 0.2) is 243 Å². The Kier molecular flexibility index (Phi) is 8.45. The zero-order valence-electron chi connectivity index (χ0n) is 34.9. The van der Waals surface area contributed by atoms with Crippen LogP contribution in [-0.2, 0) is 0 Å². The molecule has 3 aromatic heterocycles. The molecule has 0 bridgehead atoms. The van der Waals surface area contributed by atoms with Gasteiger partial charge in [-0.25, -0.2) is 0 Å². The predicted molar refractivity (Wildman–Crippen MR) is 277 cm³/mol. The van der Waals surface area contributed by atoms with E-state index in [0.717, 1.165) is 0 Å². The first kappa shape index (κ1) is 36.9. The summed E-state index contributed by atoms with van der Waals surface area (Å²) < 4.78 is 7.57. The summed E-state index contributed by atoms with van der Waals surface area (Å²) in [6.07, 6.45) is 0. The van der Waals surface area contributed by atoms with Crippen molar-refractivity contribution in [3.8, 4) is 22.5 Å². The lowest BCUT2D eigenvalue weighted by atomic mass is 10.0. The second-order valence-electron chi connectivity index (χ2n) is 16.8. The van der Waals surface area contributed by atoms with Crippen LogP contribution in [0.1, 0.15) is 0 Å². The minimum atomic E-state index is -2.79. The van der Waals surface area contributed by atoms with Crippen molar-refractivity contribution in [2.24, 2.45) is 0 Å². The summed E-state index contributed by atoms with van der Waals surface area (Å²) in [4.78, 5) is 0. The van der Waals surface area contributed by atoms with Crippen LogP contribution in [0.5, 0.6) is 0 Å². The third kappa shape index (κ3) is 5.50. The molecule has 0 spiro atoms. The number of aromatic nitrogens is 2. The van der Waals surface area contributed by atoms with Gasteiger partial charge in [-0.3, -0.25) is 0 Å². The van der Waals surface area contributed by atoms with E-state index in [1.807, 2.05) is 11.3 Å². The van der Waals surface area contributed by atoms with Crippen LogP contribution < -0.4 is 20.7 Å². The van der Waals surface area contributed by atoms with E-state index in [9.17, 15) is 0 Å². The molecule has 0 amide bonds. The molecule has 0 aliphatic heterocycles. The average molecular weight is 849 g/mol. The average Bonchev–Trinajstić information content (AvgIpc) is 4.03. The molecular formula is C60H40N2SSi. The van der Waals surface area contributed by atoms with Gasteiger partial charge in [0.05, 0.1) is 26.8 Å². The van der Waals surface area contributed by atoms with E-state index in [-0.39, 0.29) is 0 Å². The van der Waals surface area contributed by atoms with E-state index in [1.165, 1.54) is 107 Å². The lowest BCUT2D eigenvalue weighted by Gasteiger charge is -2.34. The van der Waals surface area contributed by atoms with Crippen LogP contribution >= 0.6 is 11.3 Å². The van der Waals surface area contributed by atoms with E-state index in [2.05, 4.69) is 252 Å². The minimum Gasteiger partial charge on any atom is -0.309 e. The molecule has 0 atom stereocenters. The van der Waals surface area contributed by atoms with Crippen molar-refractivity contribution in [1.29, 1.82) is 0 Å². The zero-order chi connectivity index (χ0) is 42.2. The van der Waals surface area contributed by atoms with Crippen LogP contribution in [-0.4, -0.2) is 17.2 Å². The predicted octanol–water partition coefficient (Wildman–Crippen LogP) is 13.3. The standard InChI is InChI=1S/C60H40N2SSi/c1-5-18-43(19-6-1)61-55-30-15-13-28-49(55)53-38-41(32-36-56(53)61)42-33-37-57-54(39-42)51-34-35-52-50-29-14-16-31-58(50)63-60(52)59(51)62(57)44-20-17-27-48(40-44)64(45-21-7-2-8-22-45,46-23-9-3-10-24-46)47-25-11-4-12-26-47/h1-40H. The summed E-state index contributed by atoms with van der Waals surface area (Å²) in [5, 5.41) is 13.1. The number of benzene rings is 10. The van der Waals surface area contributed by atoms with Crippen LogP contribution in [0.25, 0.3) is 86.3 Å². The first-order chi connectivity index (χ1) is 31.8. The van der Waals surface area contributed by atoms with Crippen LogP contribution in [0.4, 0.5) is 0 Å². The molecule has 2 nitrogen and oxygen atoms in total. The second-order valence-corrected chi connectivity index (χ2v) is 21.7. The number of rotatable bonds is 7. The summed E-state index contributed by atoms with van der Waals surface area (Å²) >= 11 is 1.90. The highest BCUT2D eigenvalue weighted by molar-refractivity contribution is 7.26. The van der Waals surface area contributed by atoms with E-state index >= 15 is 0 Å². The topological polar surface area (TPSA) is 9.86 Å². The summed E-state index contributed by atoms with van der Waals surface area (Å²) in [7, 11) is -2.79. The van der Waals surface area contributed by atoms with Crippen LogP contribution in [0.2, 0.25) is 0 Å². The van der Waals surface area contributed by atoms with E-state index in [0.29, 0.717) is 0 Å². The highest BCUT2D eigenvalue weighted by atomic mass is 32.1. The number of para-hydroxylation sites is 2. The lowest BCUT2D eigenvalue weighted by Crippen LogP contribution is -2.74. The molecule has 0 fully saturated rings. The molecule has 4 heteroatoms. The molecule has 10 aromatic carbocycles. The van der Waals surface area contributed by atoms with Gasteiger partial charge >= 0.3 is 0 Å². The van der Waals surface area contributed by atoms with E-state index < -0.39 is 8.07 Å². The SMILES string of the molecule is c1ccc(-n2c3ccccc3c3cc(-c4ccc5c(c4)c4ccc6c7ccccc7sc6c4n5-c4cccc([Si](c5ccccc5)(c5ccccc5)c5ccccc5)c4)ccc32)cc1. The second kappa shape index (κ2) is 14.7. The van der Waals surface area contributed by atoms with Gasteiger partial charge in [0.1, 0.15) is 0 Å². The summed E-state index contributed by atoms with van der Waals surface area (Å²) in [6, 6.07) is 90.4. The lowest BCUT2D eigenvalue weighted by molar-refractivity contribution is 1.18. The Morgan fingerprint density at radius 1 is 0.297 bits per heavy atom.